The SMILES string of the molecule is CCC(C)c1ccc2oc(-c3ccc(NC(=O)c4c(F)c(F)c(F)c(F)c4F)cc3)nc2c1. The predicted octanol–water partition coefficient (Wildman–Crippen LogP) is 6.96. The molecule has 9 heteroatoms. The van der Waals surface area contributed by atoms with E-state index in [0.717, 1.165) is 12.0 Å². The number of nitrogens with one attached hydrogen (secondary N) is 1. The monoisotopic (exact) mass is 460 g/mol. The van der Waals surface area contributed by atoms with Crippen LogP contribution in [0.1, 0.15) is 42.1 Å². The van der Waals surface area contributed by atoms with Gasteiger partial charge in [0, 0.05) is 11.3 Å². The molecule has 4 aromatic rings. The zero-order chi connectivity index (χ0) is 23.9. The van der Waals surface area contributed by atoms with E-state index in [4.69, 9.17) is 4.42 Å². The van der Waals surface area contributed by atoms with Gasteiger partial charge >= 0.3 is 0 Å². The van der Waals surface area contributed by atoms with Crippen LogP contribution in [0.3, 0.4) is 0 Å². The molecule has 3 aromatic carbocycles. The molecule has 0 aliphatic heterocycles. The Bertz CT molecular complexity index is 1340. The Kier molecular flexibility index (Phi) is 5.88. The molecule has 1 N–H and O–H groups in total. The molecule has 0 saturated heterocycles. The van der Waals surface area contributed by atoms with Gasteiger partial charge in [-0.3, -0.25) is 4.79 Å². The average molecular weight is 460 g/mol. The first-order valence-corrected chi connectivity index (χ1v) is 10.0. The summed E-state index contributed by atoms with van der Waals surface area (Å²) in [6.07, 6.45) is 0.981. The number of amides is 1. The van der Waals surface area contributed by atoms with Crippen LogP contribution in [-0.4, -0.2) is 10.9 Å². The lowest BCUT2D eigenvalue weighted by molar-refractivity contribution is 0.101. The molecule has 1 unspecified atom stereocenters. The van der Waals surface area contributed by atoms with Gasteiger partial charge in [-0.05, 0) is 54.3 Å². The fraction of sp³-hybridized carbons (Fsp3) is 0.167. The third-order valence-corrected chi connectivity index (χ3v) is 5.42. The molecule has 1 aromatic heterocycles. The van der Waals surface area contributed by atoms with Crippen LogP contribution in [0.15, 0.2) is 46.9 Å². The summed E-state index contributed by atoms with van der Waals surface area (Å²) in [4.78, 5) is 16.7. The maximum atomic E-state index is 13.8. The van der Waals surface area contributed by atoms with Crippen LogP contribution >= 0.6 is 0 Å². The number of carbonyl (C=O) groups is 1. The summed E-state index contributed by atoms with van der Waals surface area (Å²) in [7, 11) is 0. The maximum absolute atomic E-state index is 13.8. The molecule has 1 atom stereocenters. The molecule has 0 aliphatic carbocycles. The number of fused-ring (bicyclic) bond motifs is 1. The summed E-state index contributed by atoms with van der Waals surface area (Å²) in [5.74, 6) is -11.9. The van der Waals surface area contributed by atoms with E-state index in [9.17, 15) is 26.7 Å². The third-order valence-electron chi connectivity index (χ3n) is 5.42. The lowest BCUT2D eigenvalue weighted by Crippen LogP contribution is -2.19. The topological polar surface area (TPSA) is 55.1 Å². The predicted molar refractivity (Wildman–Crippen MR) is 112 cm³/mol. The Labute approximate surface area is 185 Å². The molecule has 0 saturated carbocycles. The van der Waals surface area contributed by atoms with Crippen LogP contribution in [0.4, 0.5) is 27.6 Å². The minimum atomic E-state index is -2.33. The quantitative estimate of drug-likeness (QED) is 0.199. The number of rotatable bonds is 5. The number of hydrogen-bond acceptors (Lipinski definition) is 3. The van der Waals surface area contributed by atoms with Crippen LogP contribution in [0.2, 0.25) is 0 Å². The van der Waals surface area contributed by atoms with Crippen molar-refractivity contribution in [3.05, 3.63) is 82.7 Å². The van der Waals surface area contributed by atoms with E-state index in [1.165, 1.54) is 24.3 Å². The Balaban J connectivity index is 1.58. The van der Waals surface area contributed by atoms with Gasteiger partial charge in [0.05, 0.1) is 0 Å². The number of anilines is 1. The van der Waals surface area contributed by atoms with E-state index in [1.807, 2.05) is 18.2 Å². The van der Waals surface area contributed by atoms with E-state index < -0.39 is 40.6 Å². The lowest BCUT2D eigenvalue weighted by atomic mass is 9.98. The molecular formula is C24H17F5N2O2. The van der Waals surface area contributed by atoms with Crippen LogP contribution in [-0.2, 0) is 0 Å². The number of oxazole rings is 1. The Morgan fingerprint density at radius 3 is 2.15 bits per heavy atom. The number of benzene rings is 3. The Morgan fingerprint density at radius 1 is 0.939 bits per heavy atom. The largest absolute Gasteiger partial charge is 0.436 e. The number of hydrogen-bond donors (Lipinski definition) is 1. The van der Waals surface area contributed by atoms with Gasteiger partial charge in [0.1, 0.15) is 11.1 Å². The summed E-state index contributed by atoms with van der Waals surface area (Å²) in [5, 5.41) is 2.12. The summed E-state index contributed by atoms with van der Waals surface area (Å²) in [6, 6.07) is 11.6. The van der Waals surface area contributed by atoms with E-state index >= 15 is 0 Å². The fourth-order valence-electron chi connectivity index (χ4n) is 3.30. The van der Waals surface area contributed by atoms with Gasteiger partial charge in [-0.25, -0.2) is 26.9 Å². The van der Waals surface area contributed by atoms with Gasteiger partial charge < -0.3 is 9.73 Å². The number of nitrogens with zero attached hydrogens (tertiary/aromatic N) is 1. The van der Waals surface area contributed by atoms with Crippen molar-refractivity contribution in [1.29, 1.82) is 0 Å². The van der Waals surface area contributed by atoms with Crippen molar-refractivity contribution in [2.24, 2.45) is 0 Å². The molecule has 1 amide bonds. The van der Waals surface area contributed by atoms with Gasteiger partial charge in [-0.15, -0.1) is 0 Å². The van der Waals surface area contributed by atoms with E-state index in [0.29, 0.717) is 28.5 Å². The summed E-state index contributed by atoms with van der Waals surface area (Å²) in [5.41, 5.74) is 1.49. The third kappa shape index (κ3) is 4.06. The Morgan fingerprint density at radius 2 is 1.55 bits per heavy atom. The molecule has 0 fully saturated rings. The van der Waals surface area contributed by atoms with Crippen molar-refractivity contribution in [1.82, 2.24) is 4.98 Å². The van der Waals surface area contributed by atoms with Crippen LogP contribution < -0.4 is 5.32 Å². The number of aromatic nitrogens is 1. The Hall–Kier alpha value is -3.75. The van der Waals surface area contributed by atoms with Crippen molar-refractivity contribution in [2.45, 2.75) is 26.2 Å². The molecule has 170 valence electrons. The van der Waals surface area contributed by atoms with Crippen LogP contribution in [0.25, 0.3) is 22.6 Å². The van der Waals surface area contributed by atoms with E-state index in [1.54, 1.807) is 0 Å². The van der Waals surface area contributed by atoms with Crippen molar-refractivity contribution >= 4 is 22.7 Å². The highest BCUT2D eigenvalue weighted by Gasteiger charge is 2.29. The smallest absolute Gasteiger partial charge is 0.261 e. The summed E-state index contributed by atoms with van der Waals surface area (Å²) >= 11 is 0. The highest BCUT2D eigenvalue weighted by Crippen LogP contribution is 2.29. The van der Waals surface area contributed by atoms with Crippen molar-refractivity contribution in [3.63, 3.8) is 0 Å². The van der Waals surface area contributed by atoms with Gasteiger partial charge in [-0.1, -0.05) is 19.9 Å². The zero-order valence-corrected chi connectivity index (χ0v) is 17.5. The van der Waals surface area contributed by atoms with Crippen molar-refractivity contribution in [2.75, 3.05) is 5.32 Å². The van der Waals surface area contributed by atoms with Crippen LogP contribution in [0, 0.1) is 29.1 Å². The molecule has 0 bridgehead atoms. The average Bonchev–Trinajstić information content (AvgIpc) is 3.25. The summed E-state index contributed by atoms with van der Waals surface area (Å²) < 4.78 is 73.3. The van der Waals surface area contributed by atoms with E-state index in [2.05, 4.69) is 24.1 Å². The minimum Gasteiger partial charge on any atom is -0.436 e. The number of carbonyl (C=O) groups excluding carboxylic acids is 1. The first kappa shape index (κ1) is 22.4. The van der Waals surface area contributed by atoms with Gasteiger partial charge in [-0.2, -0.15) is 0 Å². The standard InChI is InChI=1S/C24H17F5N2O2/c1-3-11(2)13-6-9-16-15(10-13)31-24(33-16)12-4-7-14(8-5-12)30-23(32)17-18(25)20(27)22(29)21(28)19(17)26/h4-11H,3H2,1-2H3,(H,30,32). The minimum absolute atomic E-state index is 0.0721. The highest BCUT2D eigenvalue weighted by molar-refractivity contribution is 6.04. The van der Waals surface area contributed by atoms with Gasteiger partial charge in [0.2, 0.25) is 11.7 Å². The number of halogens is 5. The zero-order valence-electron chi connectivity index (χ0n) is 17.5. The van der Waals surface area contributed by atoms with Crippen LogP contribution in [0.5, 0.6) is 0 Å². The second-order valence-corrected chi connectivity index (χ2v) is 7.53. The lowest BCUT2D eigenvalue weighted by Gasteiger charge is -2.09. The molecule has 0 aliphatic rings. The molecule has 4 rings (SSSR count). The van der Waals surface area contributed by atoms with Crippen molar-refractivity contribution < 1.29 is 31.2 Å². The van der Waals surface area contributed by atoms with E-state index in [-0.39, 0.29) is 5.69 Å². The molecule has 4 nitrogen and oxygen atoms in total. The molecular weight excluding hydrogens is 443 g/mol. The van der Waals surface area contributed by atoms with Gasteiger partial charge in [0.15, 0.2) is 28.9 Å². The maximum Gasteiger partial charge on any atom is 0.261 e. The second kappa shape index (κ2) is 8.65. The molecule has 1 heterocycles. The fourth-order valence-corrected chi connectivity index (χ4v) is 3.30. The first-order chi connectivity index (χ1) is 15.7. The van der Waals surface area contributed by atoms with Gasteiger partial charge in [0.25, 0.3) is 5.91 Å². The molecule has 33 heavy (non-hydrogen) atoms. The van der Waals surface area contributed by atoms with Crippen molar-refractivity contribution in [3.8, 4) is 11.5 Å². The molecule has 0 radical (unpaired) electrons. The highest BCUT2D eigenvalue weighted by atomic mass is 19.2. The normalized spacial score (nSPS) is 12.2. The second-order valence-electron chi connectivity index (χ2n) is 7.53. The summed E-state index contributed by atoms with van der Waals surface area (Å²) in [6.45, 7) is 4.21. The first-order valence-electron chi connectivity index (χ1n) is 10.0. The molecule has 0 spiro atoms.